The zero-order valence-electron chi connectivity index (χ0n) is 9.25. The van der Waals surface area contributed by atoms with Gasteiger partial charge in [-0.3, -0.25) is 4.79 Å². The number of thiazole rings is 1. The molecule has 1 aromatic rings. The monoisotopic (exact) mass is 224 g/mol. The molecule has 2 rings (SSSR count). The molecule has 0 atom stereocenters. The Kier molecular flexibility index (Phi) is 3.05. The SMILES string of the molecule is CCCN(C)c1nc2c(s1)CCCC2=O. The van der Waals surface area contributed by atoms with Crippen molar-refractivity contribution >= 4 is 22.3 Å². The van der Waals surface area contributed by atoms with Crippen LogP contribution < -0.4 is 4.90 Å². The van der Waals surface area contributed by atoms with Crippen LogP contribution in [0.25, 0.3) is 0 Å². The fourth-order valence-electron chi connectivity index (χ4n) is 1.85. The molecule has 15 heavy (non-hydrogen) atoms. The molecule has 0 aromatic carbocycles. The maximum Gasteiger partial charge on any atom is 0.185 e. The summed E-state index contributed by atoms with van der Waals surface area (Å²) in [4.78, 5) is 19.4. The highest BCUT2D eigenvalue weighted by molar-refractivity contribution is 7.16. The van der Waals surface area contributed by atoms with E-state index in [9.17, 15) is 4.79 Å². The highest BCUT2D eigenvalue weighted by Gasteiger charge is 2.22. The average molecular weight is 224 g/mol. The van der Waals surface area contributed by atoms with E-state index in [0.717, 1.165) is 36.6 Å². The Morgan fingerprint density at radius 2 is 2.27 bits per heavy atom. The smallest absolute Gasteiger partial charge is 0.185 e. The van der Waals surface area contributed by atoms with Crippen LogP contribution in [0, 0.1) is 0 Å². The molecule has 0 saturated heterocycles. The summed E-state index contributed by atoms with van der Waals surface area (Å²) in [5.74, 6) is 0.226. The molecule has 1 aliphatic carbocycles. The van der Waals surface area contributed by atoms with Crippen molar-refractivity contribution in [2.75, 3.05) is 18.5 Å². The maximum absolute atomic E-state index is 11.6. The average Bonchev–Trinajstić information content (AvgIpc) is 2.63. The van der Waals surface area contributed by atoms with Crippen LogP contribution >= 0.6 is 11.3 Å². The van der Waals surface area contributed by atoms with Gasteiger partial charge in [-0.1, -0.05) is 6.92 Å². The van der Waals surface area contributed by atoms with Crippen LogP contribution in [0.15, 0.2) is 0 Å². The number of aromatic nitrogens is 1. The second kappa shape index (κ2) is 4.31. The number of Topliss-reactive ketones (excluding diaryl/α,β-unsaturated/α-hetero) is 1. The van der Waals surface area contributed by atoms with Crippen LogP contribution in [0.1, 0.15) is 41.6 Å². The predicted molar refractivity (Wildman–Crippen MR) is 62.9 cm³/mol. The summed E-state index contributed by atoms with van der Waals surface area (Å²) >= 11 is 1.68. The van der Waals surface area contributed by atoms with Crippen molar-refractivity contribution in [3.05, 3.63) is 10.6 Å². The van der Waals surface area contributed by atoms with Gasteiger partial charge < -0.3 is 4.90 Å². The van der Waals surface area contributed by atoms with Crippen LogP contribution in [0.4, 0.5) is 5.13 Å². The lowest BCUT2D eigenvalue weighted by Gasteiger charge is -2.13. The zero-order valence-corrected chi connectivity index (χ0v) is 10.1. The van der Waals surface area contributed by atoms with Gasteiger partial charge in [-0.05, 0) is 19.3 Å². The van der Waals surface area contributed by atoms with Crippen molar-refractivity contribution in [1.29, 1.82) is 0 Å². The molecular weight excluding hydrogens is 208 g/mol. The van der Waals surface area contributed by atoms with E-state index in [2.05, 4.69) is 16.8 Å². The van der Waals surface area contributed by atoms with Gasteiger partial charge in [0.15, 0.2) is 10.9 Å². The molecule has 0 aliphatic heterocycles. The summed E-state index contributed by atoms with van der Waals surface area (Å²) in [5, 5.41) is 0.997. The predicted octanol–water partition coefficient (Wildman–Crippen LogP) is 2.51. The number of carbonyl (C=O) groups excluding carboxylic acids is 1. The van der Waals surface area contributed by atoms with Crippen LogP contribution in [-0.4, -0.2) is 24.4 Å². The third kappa shape index (κ3) is 2.04. The number of fused-ring (bicyclic) bond motifs is 1. The van der Waals surface area contributed by atoms with E-state index in [1.165, 1.54) is 4.88 Å². The van der Waals surface area contributed by atoms with Gasteiger partial charge in [-0.15, -0.1) is 11.3 Å². The molecule has 0 fully saturated rings. The van der Waals surface area contributed by atoms with Crippen molar-refractivity contribution in [3.8, 4) is 0 Å². The summed E-state index contributed by atoms with van der Waals surface area (Å²) in [6.07, 6.45) is 3.80. The van der Waals surface area contributed by atoms with Gasteiger partial charge in [0.1, 0.15) is 5.69 Å². The molecule has 0 saturated carbocycles. The van der Waals surface area contributed by atoms with Crippen molar-refractivity contribution < 1.29 is 4.79 Å². The van der Waals surface area contributed by atoms with Crippen LogP contribution in [0.5, 0.6) is 0 Å². The first kappa shape index (κ1) is 10.6. The third-order valence-electron chi connectivity index (χ3n) is 2.64. The van der Waals surface area contributed by atoms with Gasteiger partial charge in [0.25, 0.3) is 0 Å². The first-order chi connectivity index (χ1) is 7.22. The third-order valence-corrected chi connectivity index (χ3v) is 3.87. The lowest BCUT2D eigenvalue weighted by atomic mass is 10.0. The summed E-state index contributed by atoms with van der Waals surface area (Å²) in [5.41, 5.74) is 0.740. The number of nitrogens with zero attached hydrogens (tertiary/aromatic N) is 2. The standard InChI is InChI=1S/C11H16N2OS/c1-3-7-13(2)11-12-10-8(14)5-4-6-9(10)15-11/h3-7H2,1-2H3. The van der Waals surface area contributed by atoms with Gasteiger partial charge >= 0.3 is 0 Å². The fraction of sp³-hybridized carbons (Fsp3) is 0.636. The molecule has 0 radical (unpaired) electrons. The number of anilines is 1. The Morgan fingerprint density at radius 1 is 1.47 bits per heavy atom. The normalized spacial score (nSPS) is 15.2. The minimum Gasteiger partial charge on any atom is -0.351 e. The number of ketones is 1. The van der Waals surface area contributed by atoms with Crippen molar-refractivity contribution in [2.45, 2.75) is 32.6 Å². The van der Waals surface area contributed by atoms with Crippen LogP contribution in [-0.2, 0) is 6.42 Å². The van der Waals surface area contributed by atoms with Crippen molar-refractivity contribution in [3.63, 3.8) is 0 Å². The first-order valence-electron chi connectivity index (χ1n) is 5.46. The summed E-state index contributed by atoms with van der Waals surface area (Å²) < 4.78 is 0. The summed E-state index contributed by atoms with van der Waals surface area (Å²) in [6.45, 7) is 3.15. The van der Waals surface area contributed by atoms with Crippen LogP contribution in [0.2, 0.25) is 0 Å². The highest BCUT2D eigenvalue weighted by atomic mass is 32.1. The van der Waals surface area contributed by atoms with Gasteiger partial charge in [-0.25, -0.2) is 4.98 Å². The van der Waals surface area contributed by atoms with E-state index in [0.29, 0.717) is 6.42 Å². The van der Waals surface area contributed by atoms with E-state index in [1.807, 2.05) is 7.05 Å². The Morgan fingerprint density at radius 3 is 2.93 bits per heavy atom. The van der Waals surface area contributed by atoms with Gasteiger partial charge in [-0.2, -0.15) is 0 Å². The molecular formula is C11H16N2OS. The Labute approximate surface area is 94.1 Å². The maximum atomic E-state index is 11.6. The molecule has 4 heteroatoms. The Balaban J connectivity index is 2.25. The number of hydrogen-bond donors (Lipinski definition) is 0. The number of aryl methyl sites for hydroxylation is 1. The lowest BCUT2D eigenvalue weighted by Crippen LogP contribution is -2.17. The molecule has 0 amide bonds. The molecule has 0 bridgehead atoms. The molecule has 1 heterocycles. The van der Waals surface area contributed by atoms with Crippen molar-refractivity contribution in [2.24, 2.45) is 0 Å². The number of rotatable bonds is 3. The molecule has 3 nitrogen and oxygen atoms in total. The molecule has 82 valence electrons. The Bertz CT molecular complexity index is 373. The van der Waals surface area contributed by atoms with E-state index in [-0.39, 0.29) is 5.78 Å². The molecule has 1 aromatic heterocycles. The number of carbonyl (C=O) groups is 1. The second-order valence-electron chi connectivity index (χ2n) is 3.97. The molecule has 0 spiro atoms. The van der Waals surface area contributed by atoms with Crippen molar-refractivity contribution in [1.82, 2.24) is 4.98 Å². The fourth-order valence-corrected chi connectivity index (χ4v) is 2.96. The topological polar surface area (TPSA) is 33.2 Å². The van der Waals surface area contributed by atoms with Gasteiger partial charge in [0.05, 0.1) is 0 Å². The lowest BCUT2D eigenvalue weighted by molar-refractivity contribution is 0.0968. The van der Waals surface area contributed by atoms with Gasteiger partial charge in [0, 0.05) is 24.9 Å². The van der Waals surface area contributed by atoms with E-state index >= 15 is 0 Å². The highest BCUT2D eigenvalue weighted by Crippen LogP contribution is 2.31. The van der Waals surface area contributed by atoms with E-state index in [4.69, 9.17) is 0 Å². The quantitative estimate of drug-likeness (QED) is 0.791. The van der Waals surface area contributed by atoms with Crippen LogP contribution in [0.3, 0.4) is 0 Å². The first-order valence-corrected chi connectivity index (χ1v) is 6.28. The number of hydrogen-bond acceptors (Lipinski definition) is 4. The minimum absolute atomic E-state index is 0.226. The largest absolute Gasteiger partial charge is 0.351 e. The summed E-state index contributed by atoms with van der Waals surface area (Å²) in [7, 11) is 2.04. The van der Waals surface area contributed by atoms with E-state index in [1.54, 1.807) is 11.3 Å². The summed E-state index contributed by atoms with van der Waals surface area (Å²) in [6, 6.07) is 0. The molecule has 0 N–H and O–H groups in total. The Hall–Kier alpha value is -0.900. The minimum atomic E-state index is 0.226. The zero-order chi connectivity index (χ0) is 10.8. The van der Waals surface area contributed by atoms with Gasteiger partial charge in [0.2, 0.25) is 0 Å². The molecule has 0 unspecified atom stereocenters. The van der Waals surface area contributed by atoms with E-state index < -0.39 is 0 Å². The molecule has 1 aliphatic rings. The second-order valence-corrected chi connectivity index (χ2v) is 5.03.